The van der Waals surface area contributed by atoms with Crippen LogP contribution in [0.15, 0.2) is 107 Å². The molecule has 0 aliphatic carbocycles. The Balaban J connectivity index is 0.000000367. The first kappa shape index (κ1) is 66.5. The minimum absolute atomic E-state index is 0. The Morgan fingerprint density at radius 3 is 1.27 bits per heavy atom. The second kappa shape index (κ2) is 28.9. The highest BCUT2D eigenvalue weighted by molar-refractivity contribution is 7.90. The Labute approximate surface area is 472 Å². The third-order valence-corrected chi connectivity index (χ3v) is 15.6. The molecular weight excluding hydrogens is 1090 g/mol. The predicted octanol–water partition coefficient (Wildman–Crippen LogP) is 11.7. The normalized spacial score (nSPS) is 11.5. The molecule has 0 saturated carbocycles. The van der Waals surface area contributed by atoms with Crippen LogP contribution in [0, 0.1) is 0 Å². The number of ether oxygens (including phenoxy) is 3. The Morgan fingerprint density at radius 1 is 0.582 bits per heavy atom. The van der Waals surface area contributed by atoms with Gasteiger partial charge in [-0.25, -0.2) is 45.8 Å². The topological polar surface area (TPSA) is 281 Å². The molecule has 2 heterocycles. The van der Waals surface area contributed by atoms with Crippen molar-refractivity contribution in [2.75, 3.05) is 10.6 Å². The van der Waals surface area contributed by atoms with E-state index in [-0.39, 0.29) is 41.8 Å². The molecule has 4 aromatic carbocycles. The molecule has 23 heteroatoms. The monoisotopic (exact) mass is 1160 g/mol. The summed E-state index contributed by atoms with van der Waals surface area (Å²) in [6.07, 6.45) is 2.67. The van der Waals surface area contributed by atoms with E-state index in [9.17, 15) is 40.8 Å². The molecular formula is C56H73N7O12S4. The highest BCUT2D eigenvalue weighted by atomic mass is 32.2. The number of aryl methyl sites for hydroxylation is 1. The van der Waals surface area contributed by atoms with Gasteiger partial charge in [-0.05, 0) is 154 Å². The number of nitrogens with two attached hydrogens (primary N) is 1. The van der Waals surface area contributed by atoms with E-state index in [1.165, 1.54) is 43.4 Å². The Morgan fingerprint density at radius 2 is 0.949 bits per heavy atom. The molecule has 0 fully saturated rings. The molecule has 6 aromatic rings. The van der Waals surface area contributed by atoms with Crippen molar-refractivity contribution in [2.45, 2.75) is 150 Å². The summed E-state index contributed by atoms with van der Waals surface area (Å²) in [6, 6.07) is 24.8. The molecule has 428 valence electrons. The molecule has 6 N–H and O–H groups in total. The quantitative estimate of drug-likeness (QED) is 0.0342. The van der Waals surface area contributed by atoms with Crippen LogP contribution >= 0.6 is 22.7 Å². The zero-order valence-electron chi connectivity index (χ0n) is 46.0. The van der Waals surface area contributed by atoms with Crippen LogP contribution in [0.5, 0.6) is 0 Å². The van der Waals surface area contributed by atoms with Gasteiger partial charge in [0.1, 0.15) is 15.8 Å². The van der Waals surface area contributed by atoms with Gasteiger partial charge in [-0.15, -0.1) is 22.7 Å². The van der Waals surface area contributed by atoms with Gasteiger partial charge >= 0.3 is 24.1 Å². The van der Waals surface area contributed by atoms with Crippen LogP contribution in [0.25, 0.3) is 42.0 Å². The summed E-state index contributed by atoms with van der Waals surface area (Å²) in [5.41, 5.74) is 9.94. The molecule has 79 heavy (non-hydrogen) atoms. The third-order valence-electron chi connectivity index (χ3n) is 9.83. The number of carbonyl (C=O) groups is 5. The highest BCUT2D eigenvalue weighted by Gasteiger charge is 2.28. The van der Waals surface area contributed by atoms with Gasteiger partial charge in [-0.2, -0.15) is 0 Å². The number of aromatic nitrogens is 2. The number of thiazole rings is 2. The number of carbonyl (C=O) groups excluding carboxylic acids is 5. The van der Waals surface area contributed by atoms with Crippen molar-refractivity contribution in [3.8, 4) is 42.0 Å². The minimum atomic E-state index is -3.85. The second-order valence-corrected chi connectivity index (χ2v) is 25.6. The number of benzene rings is 4. The lowest BCUT2D eigenvalue weighted by atomic mass is 10.1. The number of hydrogen-bond acceptors (Lipinski definition) is 17. The third kappa shape index (κ3) is 22.1. The van der Waals surface area contributed by atoms with Crippen molar-refractivity contribution >= 4 is 84.0 Å². The lowest BCUT2D eigenvalue weighted by molar-refractivity contribution is -0.156. The summed E-state index contributed by atoms with van der Waals surface area (Å²) in [5, 5.41) is 6.78. The van der Waals surface area contributed by atoms with Gasteiger partial charge < -0.3 is 24.7 Å². The van der Waals surface area contributed by atoms with E-state index in [0.717, 1.165) is 32.1 Å². The summed E-state index contributed by atoms with van der Waals surface area (Å²) in [7, 11) is -7.64. The van der Waals surface area contributed by atoms with Crippen LogP contribution in [0.3, 0.4) is 0 Å². The number of Topliss-reactive ketones (excluding diaryl/α,β-unsaturated/α-hetero) is 1. The van der Waals surface area contributed by atoms with Crippen LogP contribution < -0.4 is 25.8 Å². The second-order valence-electron chi connectivity index (χ2n) is 20.2. The molecule has 0 saturated heterocycles. The highest BCUT2D eigenvalue weighted by Crippen LogP contribution is 2.38. The minimum Gasteiger partial charge on any atom is -0.447 e. The fraction of sp³-hybridized carbons (Fsp3) is 0.375. The van der Waals surface area contributed by atoms with Gasteiger partial charge in [0.25, 0.3) is 0 Å². The fourth-order valence-electron chi connectivity index (χ4n) is 6.89. The molecule has 0 radical (unpaired) electrons. The van der Waals surface area contributed by atoms with E-state index in [1.54, 1.807) is 130 Å². The summed E-state index contributed by atoms with van der Waals surface area (Å²) < 4.78 is 72.7. The zero-order valence-corrected chi connectivity index (χ0v) is 49.3. The van der Waals surface area contributed by atoms with Gasteiger partial charge in [-0.1, -0.05) is 31.7 Å². The number of nitrogens with one attached hydrogen (secondary N) is 4. The average Bonchev–Trinajstić information content (AvgIpc) is 4.02. The van der Waals surface area contributed by atoms with Gasteiger partial charge in [0, 0.05) is 83.9 Å². The van der Waals surface area contributed by atoms with E-state index in [4.69, 9.17) is 15.2 Å². The lowest BCUT2D eigenvalue weighted by Crippen LogP contribution is -2.40. The van der Waals surface area contributed by atoms with Crippen molar-refractivity contribution in [3.05, 3.63) is 108 Å². The number of hydrogen-bond donors (Lipinski definition) is 5. The fourth-order valence-corrected chi connectivity index (χ4v) is 12.3. The zero-order chi connectivity index (χ0) is 58.3. The first-order chi connectivity index (χ1) is 36.2. The van der Waals surface area contributed by atoms with E-state index < -0.39 is 55.2 Å². The summed E-state index contributed by atoms with van der Waals surface area (Å²) >= 11 is 2.75. The molecule has 2 amide bonds. The van der Waals surface area contributed by atoms with E-state index >= 15 is 0 Å². The maximum atomic E-state index is 13.4. The molecule has 0 aliphatic heterocycles. The number of ketones is 1. The van der Waals surface area contributed by atoms with Crippen LogP contribution in [0.1, 0.15) is 115 Å². The van der Waals surface area contributed by atoms with Crippen LogP contribution in [0.4, 0.5) is 21.0 Å². The number of nitrogens with zero attached hydrogens (tertiary/aromatic N) is 2. The molecule has 0 bridgehead atoms. The largest absolute Gasteiger partial charge is 0.447 e. The summed E-state index contributed by atoms with van der Waals surface area (Å²) in [5.74, 6) is -1.08. The van der Waals surface area contributed by atoms with Crippen LogP contribution in [0.2, 0.25) is 0 Å². The van der Waals surface area contributed by atoms with Crippen molar-refractivity contribution < 1.29 is 55.0 Å². The van der Waals surface area contributed by atoms with Crippen molar-refractivity contribution in [3.63, 3.8) is 0 Å². The molecule has 19 nitrogen and oxygen atoms in total. The van der Waals surface area contributed by atoms with Gasteiger partial charge in [0.2, 0.25) is 20.0 Å². The number of amides is 2. The molecule has 2 aromatic heterocycles. The SMILES string of the molecule is C.CC(=O)CCc1ccc(-c2cnc(-c3ccc(NC(=O)OC(C)C)cc3)s2)c(S(=O)(=O)NC(C)(C)C)c1.CC(=O)OC(C)=O.CC(C)OC(=O)Nc1ccc(-c2ncc(-c3ccc(CN)cc3S(=O)(=O)NC(C)(C)C)s2)cc1. The van der Waals surface area contributed by atoms with Crippen molar-refractivity contribution in [1.29, 1.82) is 0 Å². The van der Waals surface area contributed by atoms with Crippen molar-refractivity contribution in [2.24, 2.45) is 5.73 Å². The number of anilines is 2. The molecule has 6 rings (SSSR count). The van der Waals surface area contributed by atoms with Gasteiger partial charge in [0.05, 0.1) is 31.8 Å². The Kier molecular flexibility index (Phi) is 24.4. The standard InChI is InChI=1S/C27H33N3O5S2.C24H30N4O4S2.C4H6O3.CH4/c1-17(2)35-26(32)29-21-12-10-20(11-13-21)25-28-16-23(36-25)22-14-9-19(8-7-18(3)31)15-24(22)37(33,34)30-27(4,5)6;1-15(2)32-23(29)27-18-9-7-17(8-10-18)22-26-14-20(33-22)19-11-6-16(13-25)12-21(19)34(30,31)28-24(3,4)5;1-3(5)7-4(2)6;/h9-17,30H,7-8H2,1-6H3,(H,29,32);6-12,14-15,28H,13,25H2,1-5H3,(H,27,29);1-2H3;1H4. The van der Waals surface area contributed by atoms with E-state index in [0.29, 0.717) is 45.2 Å². The number of sulfonamides is 2. The first-order valence-corrected chi connectivity index (χ1v) is 29.1. The smallest absolute Gasteiger partial charge is 0.411 e. The van der Waals surface area contributed by atoms with E-state index in [2.05, 4.69) is 34.8 Å². The predicted molar refractivity (Wildman–Crippen MR) is 313 cm³/mol. The maximum absolute atomic E-state index is 13.4. The number of rotatable bonds is 16. The average molecular weight is 1160 g/mol. The molecule has 0 unspecified atom stereocenters. The molecule has 0 atom stereocenters. The molecule has 0 aliphatic rings. The van der Waals surface area contributed by atoms with Crippen LogP contribution in [-0.2, 0) is 61.6 Å². The molecule has 0 spiro atoms. The Bertz CT molecular complexity index is 3270. The van der Waals surface area contributed by atoms with Crippen molar-refractivity contribution in [1.82, 2.24) is 19.4 Å². The Hall–Kier alpha value is -6.73. The summed E-state index contributed by atoms with van der Waals surface area (Å²) in [6.45, 7) is 22.0. The van der Waals surface area contributed by atoms with Gasteiger partial charge in [-0.3, -0.25) is 20.2 Å². The van der Waals surface area contributed by atoms with Crippen LogP contribution in [-0.4, -0.2) is 80.0 Å². The summed E-state index contributed by atoms with van der Waals surface area (Å²) in [4.78, 5) is 65.4. The van der Waals surface area contributed by atoms with Gasteiger partial charge in [0.15, 0.2) is 0 Å². The maximum Gasteiger partial charge on any atom is 0.411 e. The van der Waals surface area contributed by atoms with E-state index in [1.807, 2.05) is 36.4 Å². The number of esters is 2. The first-order valence-electron chi connectivity index (χ1n) is 24.5. The lowest BCUT2D eigenvalue weighted by Gasteiger charge is -2.22.